The average Bonchev–Trinajstić information content (AvgIpc) is 2.80. The number of aliphatic hydroxyl groups is 1. The molecule has 0 fully saturated rings. The van der Waals surface area contributed by atoms with Crippen molar-refractivity contribution in [3.05, 3.63) is 65.2 Å². The van der Waals surface area contributed by atoms with E-state index >= 15 is 0 Å². The fourth-order valence-electron chi connectivity index (χ4n) is 2.36. The molecular formula is C16H16N2O3S. The first-order chi connectivity index (χ1) is 10.6. The summed E-state index contributed by atoms with van der Waals surface area (Å²) in [6.07, 6.45) is 0.707. The Kier molecular flexibility index (Phi) is 3.96. The maximum absolute atomic E-state index is 12.0. The molecule has 0 atom stereocenters. The van der Waals surface area contributed by atoms with Gasteiger partial charge in [0.05, 0.1) is 11.5 Å². The Bertz CT molecular complexity index is 812. The van der Waals surface area contributed by atoms with Crippen LogP contribution in [0.1, 0.15) is 16.7 Å². The summed E-state index contributed by atoms with van der Waals surface area (Å²) >= 11 is 0. The first-order valence-electron chi connectivity index (χ1n) is 6.95. The highest BCUT2D eigenvalue weighted by atomic mass is 32.2. The number of benzene rings is 2. The third-order valence-electron chi connectivity index (χ3n) is 3.54. The Balaban J connectivity index is 1.74. The summed E-state index contributed by atoms with van der Waals surface area (Å²) in [5, 5.41) is 9.00. The predicted molar refractivity (Wildman–Crippen MR) is 84.2 cm³/mol. The fraction of sp³-hybridized carbons (Fsp3) is 0.188. The third kappa shape index (κ3) is 2.88. The Morgan fingerprint density at radius 2 is 1.68 bits per heavy atom. The molecule has 114 valence electrons. The van der Waals surface area contributed by atoms with Gasteiger partial charge in [-0.05, 0) is 29.7 Å². The minimum absolute atomic E-state index is 0.0289. The number of hydrogen-bond donors (Lipinski definition) is 2. The molecular weight excluding hydrogens is 300 g/mol. The average molecular weight is 316 g/mol. The highest BCUT2D eigenvalue weighted by Crippen LogP contribution is 2.22. The summed E-state index contributed by atoms with van der Waals surface area (Å²) in [6.45, 7) is 0.520. The van der Waals surface area contributed by atoms with Gasteiger partial charge in [0.15, 0.2) is 0 Å². The zero-order chi connectivity index (χ0) is 15.6. The smallest absolute Gasteiger partial charge is 0.263 e. The highest BCUT2D eigenvalue weighted by molar-refractivity contribution is 7.90. The van der Waals surface area contributed by atoms with Gasteiger partial charge < -0.3 is 5.11 Å². The molecule has 1 aliphatic heterocycles. The summed E-state index contributed by atoms with van der Waals surface area (Å²) in [5.41, 5.74) is 2.58. The Morgan fingerprint density at radius 1 is 1.00 bits per heavy atom. The van der Waals surface area contributed by atoms with E-state index in [0.717, 1.165) is 11.1 Å². The molecule has 0 amide bonds. The number of aliphatic imine (C=N–C) groups is 1. The molecule has 0 aromatic heterocycles. The Morgan fingerprint density at radius 3 is 2.41 bits per heavy atom. The topological polar surface area (TPSA) is 78.8 Å². The molecule has 3 rings (SSSR count). The SMILES string of the molecule is O=S1(=O)NC(=NCCc2ccc(CO)cc2)c2ccccc21. The lowest BCUT2D eigenvalue weighted by atomic mass is 10.1. The second-order valence-corrected chi connectivity index (χ2v) is 6.71. The molecule has 0 saturated carbocycles. The van der Waals surface area contributed by atoms with Gasteiger partial charge in [-0.1, -0.05) is 36.4 Å². The standard InChI is InChI=1S/C16H16N2O3S/c19-11-13-7-5-12(6-8-13)9-10-17-16-14-3-1-2-4-15(14)22(20,21)18-16/h1-8,19H,9-11H2,(H,17,18). The number of sulfonamides is 1. The van der Waals surface area contributed by atoms with Crippen molar-refractivity contribution >= 4 is 15.9 Å². The van der Waals surface area contributed by atoms with Crippen LogP contribution in [0.25, 0.3) is 0 Å². The Labute approximate surface area is 129 Å². The van der Waals surface area contributed by atoms with Gasteiger partial charge in [-0.2, -0.15) is 0 Å². The molecule has 0 unspecified atom stereocenters. The molecule has 22 heavy (non-hydrogen) atoms. The van der Waals surface area contributed by atoms with Crippen LogP contribution in [0.5, 0.6) is 0 Å². The van der Waals surface area contributed by atoms with Crippen LogP contribution in [0.4, 0.5) is 0 Å². The molecule has 1 aliphatic rings. The van der Waals surface area contributed by atoms with Crippen molar-refractivity contribution in [2.75, 3.05) is 6.54 Å². The molecule has 1 heterocycles. The molecule has 0 spiro atoms. The predicted octanol–water partition coefficient (Wildman–Crippen LogP) is 1.46. The van der Waals surface area contributed by atoms with Gasteiger partial charge in [0, 0.05) is 12.1 Å². The van der Waals surface area contributed by atoms with E-state index < -0.39 is 10.0 Å². The molecule has 0 aliphatic carbocycles. The van der Waals surface area contributed by atoms with Gasteiger partial charge in [-0.3, -0.25) is 9.71 Å². The largest absolute Gasteiger partial charge is 0.392 e. The lowest BCUT2D eigenvalue weighted by Gasteiger charge is -2.02. The second-order valence-electron chi connectivity index (χ2n) is 5.06. The number of fused-ring (bicyclic) bond motifs is 1. The van der Waals surface area contributed by atoms with Gasteiger partial charge in [-0.25, -0.2) is 8.42 Å². The van der Waals surface area contributed by atoms with Crippen molar-refractivity contribution in [1.82, 2.24) is 4.72 Å². The van der Waals surface area contributed by atoms with Crippen LogP contribution in [0, 0.1) is 0 Å². The molecule has 0 radical (unpaired) electrons. The number of nitrogens with one attached hydrogen (secondary N) is 1. The zero-order valence-electron chi connectivity index (χ0n) is 11.9. The highest BCUT2D eigenvalue weighted by Gasteiger charge is 2.29. The van der Waals surface area contributed by atoms with Crippen molar-refractivity contribution in [3.8, 4) is 0 Å². The van der Waals surface area contributed by atoms with Gasteiger partial charge in [0.1, 0.15) is 5.84 Å². The van der Waals surface area contributed by atoms with Crippen molar-refractivity contribution in [1.29, 1.82) is 0 Å². The second kappa shape index (κ2) is 5.90. The number of rotatable bonds is 4. The molecule has 2 N–H and O–H groups in total. The molecule has 0 saturated heterocycles. The number of aliphatic hydroxyl groups excluding tert-OH is 1. The van der Waals surface area contributed by atoms with E-state index in [2.05, 4.69) is 9.71 Å². The fourth-order valence-corrected chi connectivity index (χ4v) is 3.61. The summed E-state index contributed by atoms with van der Waals surface area (Å²) in [4.78, 5) is 4.65. The quantitative estimate of drug-likeness (QED) is 0.896. The van der Waals surface area contributed by atoms with E-state index in [0.29, 0.717) is 24.4 Å². The van der Waals surface area contributed by atoms with Gasteiger partial charge >= 0.3 is 0 Å². The summed E-state index contributed by atoms with van der Waals surface area (Å²) in [7, 11) is -3.47. The Hall–Kier alpha value is -2.18. The monoisotopic (exact) mass is 316 g/mol. The van der Waals surface area contributed by atoms with E-state index in [4.69, 9.17) is 5.11 Å². The summed E-state index contributed by atoms with van der Waals surface area (Å²) in [5.74, 6) is 0.405. The van der Waals surface area contributed by atoms with Gasteiger partial charge in [-0.15, -0.1) is 0 Å². The molecule has 6 heteroatoms. The van der Waals surface area contributed by atoms with E-state index in [1.807, 2.05) is 24.3 Å². The molecule has 5 nitrogen and oxygen atoms in total. The minimum Gasteiger partial charge on any atom is -0.392 e. The van der Waals surface area contributed by atoms with Crippen LogP contribution in [0.15, 0.2) is 58.4 Å². The number of hydrogen-bond acceptors (Lipinski definition) is 4. The van der Waals surface area contributed by atoms with Crippen molar-refractivity contribution in [2.24, 2.45) is 4.99 Å². The lowest BCUT2D eigenvalue weighted by molar-refractivity contribution is 0.282. The first-order valence-corrected chi connectivity index (χ1v) is 8.44. The van der Waals surface area contributed by atoms with Crippen molar-refractivity contribution < 1.29 is 13.5 Å². The minimum atomic E-state index is -3.47. The van der Waals surface area contributed by atoms with Crippen LogP contribution >= 0.6 is 0 Å². The van der Waals surface area contributed by atoms with Crippen LogP contribution in [-0.4, -0.2) is 25.9 Å². The third-order valence-corrected chi connectivity index (χ3v) is 4.94. The van der Waals surface area contributed by atoms with Crippen LogP contribution in [0.2, 0.25) is 0 Å². The lowest BCUT2D eigenvalue weighted by Crippen LogP contribution is -2.22. The summed E-state index contributed by atoms with van der Waals surface area (Å²) < 4.78 is 26.4. The summed E-state index contributed by atoms with van der Waals surface area (Å²) in [6, 6.07) is 14.5. The van der Waals surface area contributed by atoms with E-state index in [1.165, 1.54) is 0 Å². The molecule has 2 aromatic rings. The van der Waals surface area contributed by atoms with Gasteiger partial charge in [0.2, 0.25) is 0 Å². The molecule has 0 bridgehead atoms. The number of amidine groups is 1. The normalized spacial score (nSPS) is 17.2. The maximum atomic E-state index is 12.0. The van der Waals surface area contributed by atoms with Crippen LogP contribution < -0.4 is 4.72 Å². The van der Waals surface area contributed by atoms with Crippen LogP contribution in [-0.2, 0) is 23.1 Å². The van der Waals surface area contributed by atoms with E-state index in [-0.39, 0.29) is 11.5 Å². The van der Waals surface area contributed by atoms with Gasteiger partial charge in [0.25, 0.3) is 10.0 Å². The van der Waals surface area contributed by atoms with E-state index in [9.17, 15) is 8.42 Å². The zero-order valence-corrected chi connectivity index (χ0v) is 12.7. The number of nitrogens with zero attached hydrogens (tertiary/aromatic N) is 1. The van der Waals surface area contributed by atoms with Crippen molar-refractivity contribution in [2.45, 2.75) is 17.9 Å². The first kappa shape index (κ1) is 14.7. The van der Waals surface area contributed by atoms with Crippen LogP contribution in [0.3, 0.4) is 0 Å². The van der Waals surface area contributed by atoms with E-state index in [1.54, 1.807) is 24.3 Å². The maximum Gasteiger partial charge on any atom is 0.263 e. The van der Waals surface area contributed by atoms with Crippen molar-refractivity contribution in [3.63, 3.8) is 0 Å². The molecule has 2 aromatic carbocycles.